The van der Waals surface area contributed by atoms with Crippen LogP contribution < -0.4 is 0 Å². The van der Waals surface area contributed by atoms with E-state index in [1.807, 2.05) is 0 Å². The Morgan fingerprint density at radius 3 is 2.71 bits per heavy atom. The van der Waals surface area contributed by atoms with Crippen LogP contribution >= 0.6 is 0 Å². The maximum Gasteiger partial charge on any atom is 0.0960 e. The Labute approximate surface area is 87.2 Å². The van der Waals surface area contributed by atoms with Gasteiger partial charge in [0.25, 0.3) is 0 Å². The molecule has 1 N–H and O–H groups in total. The fraction of sp³-hybridized carbons (Fsp3) is 0.917. The molecular weight excluding hydrogens is 172 g/mol. The van der Waals surface area contributed by atoms with Crippen molar-refractivity contribution in [3.63, 3.8) is 0 Å². The molecule has 0 amide bonds. The van der Waals surface area contributed by atoms with Crippen molar-refractivity contribution < 1.29 is 0 Å². The first kappa shape index (κ1) is 10.0. The first-order chi connectivity index (χ1) is 6.58. The Morgan fingerprint density at radius 2 is 2.14 bits per heavy atom. The van der Waals surface area contributed by atoms with Crippen LogP contribution in [0.15, 0.2) is 0 Å². The van der Waals surface area contributed by atoms with Gasteiger partial charge < -0.3 is 4.90 Å². The lowest BCUT2D eigenvalue weighted by Gasteiger charge is -2.40. The Morgan fingerprint density at radius 1 is 1.36 bits per heavy atom. The van der Waals surface area contributed by atoms with Crippen LogP contribution in [0, 0.1) is 10.8 Å². The van der Waals surface area contributed by atoms with E-state index in [-0.39, 0.29) is 0 Å². The molecule has 1 aliphatic carbocycles. The normalized spacial score (nSPS) is 32.3. The van der Waals surface area contributed by atoms with E-state index in [4.69, 9.17) is 5.41 Å². The third-order valence-electron chi connectivity index (χ3n) is 3.78. The van der Waals surface area contributed by atoms with Gasteiger partial charge in [0.05, 0.1) is 5.84 Å². The summed E-state index contributed by atoms with van der Waals surface area (Å²) in [6, 6.07) is 0.675. The summed E-state index contributed by atoms with van der Waals surface area (Å²) in [7, 11) is 0. The highest BCUT2D eigenvalue weighted by Crippen LogP contribution is 2.38. The van der Waals surface area contributed by atoms with Gasteiger partial charge in [0.15, 0.2) is 0 Å². The van der Waals surface area contributed by atoms with E-state index in [0.717, 1.165) is 18.8 Å². The molecule has 0 bridgehead atoms. The zero-order chi connectivity index (χ0) is 10.2. The van der Waals surface area contributed by atoms with E-state index < -0.39 is 0 Å². The molecule has 2 fully saturated rings. The molecule has 1 saturated heterocycles. The lowest BCUT2D eigenvalue weighted by molar-refractivity contribution is 0.148. The number of nitrogens with one attached hydrogen (secondary N) is 1. The maximum atomic E-state index is 7.90. The molecule has 0 aromatic heterocycles. The lowest BCUT2D eigenvalue weighted by atomic mass is 9.75. The summed E-state index contributed by atoms with van der Waals surface area (Å²) in [5, 5.41) is 7.90. The van der Waals surface area contributed by atoms with Crippen LogP contribution in [0.3, 0.4) is 0 Å². The van der Waals surface area contributed by atoms with Crippen LogP contribution in [-0.4, -0.2) is 23.3 Å². The molecule has 1 saturated carbocycles. The molecule has 0 aromatic rings. The van der Waals surface area contributed by atoms with Crippen LogP contribution in [0.5, 0.6) is 0 Å². The highest BCUT2D eigenvalue weighted by molar-refractivity contribution is 5.81. The summed E-state index contributed by atoms with van der Waals surface area (Å²) in [5.74, 6) is 0.896. The van der Waals surface area contributed by atoms with Crippen molar-refractivity contribution >= 4 is 5.84 Å². The number of nitrogens with zero attached hydrogens (tertiary/aromatic N) is 1. The molecule has 2 aliphatic rings. The summed E-state index contributed by atoms with van der Waals surface area (Å²) in [6.45, 7) is 5.89. The Kier molecular flexibility index (Phi) is 2.54. The van der Waals surface area contributed by atoms with Crippen LogP contribution in [0.25, 0.3) is 0 Å². The quantitative estimate of drug-likeness (QED) is 0.682. The van der Waals surface area contributed by atoms with Crippen molar-refractivity contribution in [3.8, 4) is 0 Å². The highest BCUT2D eigenvalue weighted by Gasteiger charge is 2.33. The zero-order valence-electron chi connectivity index (χ0n) is 9.47. The minimum atomic E-state index is 0.506. The summed E-state index contributed by atoms with van der Waals surface area (Å²) < 4.78 is 0. The van der Waals surface area contributed by atoms with E-state index >= 15 is 0 Å². The van der Waals surface area contributed by atoms with Crippen molar-refractivity contribution in [2.45, 2.75) is 58.4 Å². The second-order valence-electron chi connectivity index (χ2n) is 5.66. The van der Waals surface area contributed by atoms with Gasteiger partial charge in [-0.1, -0.05) is 20.3 Å². The third kappa shape index (κ3) is 1.94. The van der Waals surface area contributed by atoms with Gasteiger partial charge in [-0.25, -0.2) is 0 Å². The number of amidine groups is 1. The molecule has 1 unspecified atom stereocenters. The molecule has 0 radical (unpaired) electrons. The molecule has 14 heavy (non-hydrogen) atoms. The van der Waals surface area contributed by atoms with Crippen LogP contribution in [0.1, 0.15) is 52.4 Å². The molecule has 1 atom stereocenters. The SMILES string of the molecule is CC1(C)CCCC(N2CCCC2=N)C1. The minimum absolute atomic E-state index is 0.506. The molecule has 1 aliphatic heterocycles. The standard InChI is InChI=1S/C12H22N2/c1-12(2)7-3-5-10(9-12)14-8-4-6-11(14)13/h10,13H,3-9H2,1-2H3. The molecule has 2 heteroatoms. The van der Waals surface area contributed by atoms with Crippen molar-refractivity contribution in [3.05, 3.63) is 0 Å². The Bertz CT molecular complexity index is 232. The number of rotatable bonds is 1. The predicted octanol–water partition coefficient (Wildman–Crippen LogP) is 3.03. The molecular formula is C12H22N2. The second kappa shape index (κ2) is 3.56. The third-order valence-corrected chi connectivity index (χ3v) is 3.78. The number of likely N-dealkylation sites (tertiary alicyclic amines) is 1. The lowest BCUT2D eigenvalue weighted by Crippen LogP contribution is -2.41. The topological polar surface area (TPSA) is 27.1 Å². The molecule has 1 heterocycles. The van der Waals surface area contributed by atoms with Gasteiger partial charge >= 0.3 is 0 Å². The molecule has 2 rings (SSSR count). The van der Waals surface area contributed by atoms with Gasteiger partial charge in [0.2, 0.25) is 0 Å². The maximum absolute atomic E-state index is 7.90. The van der Waals surface area contributed by atoms with E-state index in [1.165, 1.54) is 32.1 Å². The largest absolute Gasteiger partial charge is 0.358 e. The summed E-state index contributed by atoms with van der Waals surface area (Å²) >= 11 is 0. The summed E-state index contributed by atoms with van der Waals surface area (Å²) in [5.41, 5.74) is 0.506. The first-order valence-electron chi connectivity index (χ1n) is 5.93. The van der Waals surface area contributed by atoms with Gasteiger partial charge in [-0.05, 0) is 31.1 Å². The first-order valence-corrected chi connectivity index (χ1v) is 5.93. The molecule has 2 nitrogen and oxygen atoms in total. The smallest absolute Gasteiger partial charge is 0.0960 e. The summed E-state index contributed by atoms with van der Waals surface area (Å²) in [4.78, 5) is 2.36. The van der Waals surface area contributed by atoms with Gasteiger partial charge in [0.1, 0.15) is 0 Å². The molecule has 80 valence electrons. The fourth-order valence-electron chi connectivity index (χ4n) is 3.02. The highest BCUT2D eigenvalue weighted by atomic mass is 15.2. The van der Waals surface area contributed by atoms with Crippen molar-refractivity contribution in [2.24, 2.45) is 5.41 Å². The average molecular weight is 194 g/mol. The van der Waals surface area contributed by atoms with Gasteiger partial charge in [0, 0.05) is 19.0 Å². The number of hydrogen-bond acceptors (Lipinski definition) is 1. The van der Waals surface area contributed by atoms with E-state index in [0.29, 0.717) is 11.5 Å². The Hall–Kier alpha value is -0.530. The van der Waals surface area contributed by atoms with Gasteiger partial charge in [-0.2, -0.15) is 0 Å². The zero-order valence-corrected chi connectivity index (χ0v) is 9.47. The number of hydrogen-bond donors (Lipinski definition) is 1. The van der Waals surface area contributed by atoms with Crippen molar-refractivity contribution in [2.75, 3.05) is 6.54 Å². The fourth-order valence-corrected chi connectivity index (χ4v) is 3.02. The summed E-state index contributed by atoms with van der Waals surface area (Å²) in [6.07, 6.45) is 7.53. The van der Waals surface area contributed by atoms with E-state index in [1.54, 1.807) is 0 Å². The van der Waals surface area contributed by atoms with Gasteiger partial charge in [-0.15, -0.1) is 0 Å². The Balaban J connectivity index is 2.00. The average Bonchev–Trinajstić information content (AvgIpc) is 2.49. The predicted molar refractivity (Wildman–Crippen MR) is 59.7 cm³/mol. The van der Waals surface area contributed by atoms with E-state index in [9.17, 15) is 0 Å². The van der Waals surface area contributed by atoms with Crippen molar-refractivity contribution in [1.29, 1.82) is 5.41 Å². The van der Waals surface area contributed by atoms with E-state index in [2.05, 4.69) is 18.7 Å². The minimum Gasteiger partial charge on any atom is -0.358 e. The van der Waals surface area contributed by atoms with Gasteiger partial charge in [-0.3, -0.25) is 5.41 Å². The van der Waals surface area contributed by atoms with Crippen LogP contribution in [0.2, 0.25) is 0 Å². The monoisotopic (exact) mass is 194 g/mol. The van der Waals surface area contributed by atoms with Crippen LogP contribution in [-0.2, 0) is 0 Å². The van der Waals surface area contributed by atoms with Crippen LogP contribution in [0.4, 0.5) is 0 Å². The van der Waals surface area contributed by atoms with Crippen molar-refractivity contribution in [1.82, 2.24) is 4.90 Å². The molecule has 0 aromatic carbocycles. The molecule has 0 spiro atoms. The second-order valence-corrected chi connectivity index (χ2v) is 5.66.